The van der Waals surface area contributed by atoms with E-state index in [0.717, 1.165) is 29.7 Å². The fourth-order valence-electron chi connectivity index (χ4n) is 2.60. The molecule has 0 atom stereocenters. The van der Waals surface area contributed by atoms with Crippen molar-refractivity contribution in [1.29, 1.82) is 0 Å². The summed E-state index contributed by atoms with van der Waals surface area (Å²) in [5.41, 5.74) is 0. The summed E-state index contributed by atoms with van der Waals surface area (Å²) >= 11 is 5.11. The third kappa shape index (κ3) is 6.79. The number of hydrogen-bond donors (Lipinski definition) is 1. The number of rotatable bonds is 7. The lowest BCUT2D eigenvalue weighted by atomic mass is 10.2. The molecule has 2 amide bonds. The number of likely N-dealkylation sites (N-methyl/N-ethyl adjacent to an activating group) is 1. The van der Waals surface area contributed by atoms with Gasteiger partial charge in [0.2, 0.25) is 0 Å². The highest BCUT2D eigenvalue weighted by Crippen LogP contribution is 2.22. The molecule has 0 bridgehead atoms. The second-order valence-electron chi connectivity index (χ2n) is 6.15. The summed E-state index contributed by atoms with van der Waals surface area (Å²) in [6.45, 7) is 7.22. The first kappa shape index (κ1) is 18.7. The summed E-state index contributed by atoms with van der Waals surface area (Å²) < 4.78 is 1.10. The van der Waals surface area contributed by atoms with E-state index in [2.05, 4.69) is 44.2 Å². The molecule has 23 heavy (non-hydrogen) atoms. The Morgan fingerprint density at radius 1 is 1.30 bits per heavy atom. The lowest BCUT2D eigenvalue weighted by Gasteiger charge is -2.32. The van der Waals surface area contributed by atoms with Crippen molar-refractivity contribution in [2.75, 3.05) is 53.4 Å². The van der Waals surface area contributed by atoms with Crippen LogP contribution in [0.3, 0.4) is 0 Å². The molecule has 1 fully saturated rings. The van der Waals surface area contributed by atoms with E-state index in [4.69, 9.17) is 0 Å². The first-order chi connectivity index (χ1) is 11.0. The third-order valence-corrected chi connectivity index (χ3v) is 5.75. The molecule has 0 aromatic carbocycles. The number of nitrogens with one attached hydrogen (secondary N) is 1. The number of urea groups is 1. The molecule has 130 valence electrons. The van der Waals surface area contributed by atoms with Gasteiger partial charge in [0.25, 0.3) is 0 Å². The molecule has 1 aromatic heterocycles. The van der Waals surface area contributed by atoms with Crippen molar-refractivity contribution in [3.63, 3.8) is 0 Å². The van der Waals surface area contributed by atoms with Crippen molar-refractivity contribution in [3.8, 4) is 0 Å². The number of amides is 2. The van der Waals surface area contributed by atoms with Gasteiger partial charge in [-0.3, -0.25) is 0 Å². The number of halogens is 1. The summed E-state index contributed by atoms with van der Waals surface area (Å²) in [4.78, 5) is 19.9. The normalized spacial score (nSPS) is 16.5. The van der Waals surface area contributed by atoms with Gasteiger partial charge >= 0.3 is 6.03 Å². The number of thiophene rings is 1. The average Bonchev–Trinajstić information content (AvgIpc) is 2.93. The zero-order chi connectivity index (χ0) is 16.7. The van der Waals surface area contributed by atoms with Gasteiger partial charge in [-0.05, 0) is 54.5 Å². The van der Waals surface area contributed by atoms with Crippen LogP contribution >= 0.6 is 27.3 Å². The number of carbonyl (C=O) groups excluding carboxylic acids is 1. The first-order valence-electron chi connectivity index (χ1n) is 8.18. The average molecular weight is 403 g/mol. The van der Waals surface area contributed by atoms with Crippen LogP contribution in [-0.2, 0) is 6.54 Å². The molecule has 1 saturated heterocycles. The summed E-state index contributed by atoms with van der Waals surface area (Å²) in [6, 6.07) is 4.08. The van der Waals surface area contributed by atoms with Crippen LogP contribution in [0, 0.1) is 0 Å². The van der Waals surface area contributed by atoms with Crippen LogP contribution in [0.1, 0.15) is 17.7 Å². The van der Waals surface area contributed by atoms with Crippen LogP contribution in [0.4, 0.5) is 4.79 Å². The zero-order valence-corrected chi connectivity index (χ0v) is 16.5. The van der Waals surface area contributed by atoms with Gasteiger partial charge in [-0.15, -0.1) is 11.3 Å². The van der Waals surface area contributed by atoms with Gasteiger partial charge in [-0.25, -0.2) is 4.79 Å². The van der Waals surface area contributed by atoms with Crippen LogP contribution in [0.2, 0.25) is 0 Å². The number of unbranched alkanes of at least 4 members (excludes halogenated alkanes) is 1. The van der Waals surface area contributed by atoms with Gasteiger partial charge in [0.05, 0.1) is 10.3 Å². The Balaban J connectivity index is 1.54. The van der Waals surface area contributed by atoms with E-state index in [1.807, 2.05) is 13.1 Å². The highest BCUT2D eigenvalue weighted by atomic mass is 79.9. The monoisotopic (exact) mass is 402 g/mol. The smallest absolute Gasteiger partial charge is 0.317 e. The maximum Gasteiger partial charge on any atom is 0.317 e. The van der Waals surface area contributed by atoms with E-state index >= 15 is 0 Å². The van der Waals surface area contributed by atoms with E-state index in [0.29, 0.717) is 6.54 Å². The standard InChI is InChI=1S/C16H27BrN4OS/c1-19-9-11-21(12-10-19)8-4-3-7-18-16(22)20(2)13-14-5-6-15(17)23-14/h5-6H,3-4,7-13H2,1-2H3,(H,18,22). The fraction of sp³-hybridized carbons (Fsp3) is 0.688. The van der Waals surface area contributed by atoms with Crippen molar-refractivity contribution in [3.05, 3.63) is 20.8 Å². The molecule has 5 nitrogen and oxygen atoms in total. The third-order valence-electron chi connectivity index (χ3n) is 4.14. The van der Waals surface area contributed by atoms with Gasteiger partial charge in [-0.1, -0.05) is 0 Å². The Bertz CT molecular complexity index is 488. The lowest BCUT2D eigenvalue weighted by molar-refractivity contribution is 0.152. The fourth-order valence-corrected chi connectivity index (χ4v) is 4.14. The van der Waals surface area contributed by atoms with Gasteiger partial charge in [-0.2, -0.15) is 0 Å². The molecular formula is C16H27BrN4OS. The van der Waals surface area contributed by atoms with E-state index in [1.54, 1.807) is 16.2 Å². The van der Waals surface area contributed by atoms with Crippen molar-refractivity contribution in [2.24, 2.45) is 0 Å². The van der Waals surface area contributed by atoms with Gasteiger partial charge in [0.1, 0.15) is 0 Å². The Morgan fingerprint density at radius 2 is 2.04 bits per heavy atom. The molecule has 0 spiro atoms. The summed E-state index contributed by atoms with van der Waals surface area (Å²) in [6.07, 6.45) is 2.18. The maximum absolute atomic E-state index is 12.0. The quantitative estimate of drug-likeness (QED) is 0.712. The van der Waals surface area contributed by atoms with Crippen molar-refractivity contribution in [1.82, 2.24) is 20.0 Å². The molecular weight excluding hydrogens is 376 g/mol. The largest absolute Gasteiger partial charge is 0.338 e. The van der Waals surface area contributed by atoms with Crippen LogP contribution in [0.5, 0.6) is 0 Å². The minimum Gasteiger partial charge on any atom is -0.338 e. The molecule has 0 unspecified atom stereocenters. The Labute approximate surface area is 151 Å². The molecule has 0 aliphatic carbocycles. The predicted octanol–water partition coefficient (Wildman–Crippen LogP) is 2.68. The van der Waals surface area contributed by atoms with Crippen molar-refractivity contribution in [2.45, 2.75) is 19.4 Å². The van der Waals surface area contributed by atoms with Crippen LogP contribution in [0.15, 0.2) is 15.9 Å². The lowest BCUT2D eigenvalue weighted by Crippen LogP contribution is -2.44. The number of carbonyl (C=O) groups is 1. The molecule has 1 N–H and O–H groups in total. The van der Waals surface area contributed by atoms with Crippen LogP contribution < -0.4 is 5.32 Å². The Hall–Kier alpha value is -0.630. The minimum atomic E-state index is 0.00844. The Kier molecular flexibility index (Phi) is 7.82. The van der Waals surface area contributed by atoms with Gasteiger partial charge in [0, 0.05) is 44.6 Å². The number of nitrogens with zero attached hydrogens (tertiary/aromatic N) is 3. The van der Waals surface area contributed by atoms with Crippen molar-refractivity contribution < 1.29 is 4.79 Å². The summed E-state index contributed by atoms with van der Waals surface area (Å²) in [5.74, 6) is 0. The number of piperazine rings is 1. The van der Waals surface area contributed by atoms with Crippen molar-refractivity contribution >= 4 is 33.3 Å². The maximum atomic E-state index is 12.0. The molecule has 2 rings (SSSR count). The highest BCUT2D eigenvalue weighted by molar-refractivity contribution is 9.11. The Morgan fingerprint density at radius 3 is 2.70 bits per heavy atom. The molecule has 2 heterocycles. The molecule has 1 aromatic rings. The first-order valence-corrected chi connectivity index (χ1v) is 9.79. The SMILES string of the molecule is CN1CCN(CCCCNC(=O)N(C)Cc2ccc(Br)s2)CC1. The topological polar surface area (TPSA) is 38.8 Å². The molecule has 0 saturated carbocycles. The summed E-state index contributed by atoms with van der Waals surface area (Å²) in [7, 11) is 4.02. The second kappa shape index (κ2) is 9.61. The predicted molar refractivity (Wildman–Crippen MR) is 100 cm³/mol. The highest BCUT2D eigenvalue weighted by Gasteiger charge is 2.13. The van der Waals surface area contributed by atoms with Gasteiger partial charge in [0.15, 0.2) is 0 Å². The van der Waals surface area contributed by atoms with E-state index in [9.17, 15) is 4.79 Å². The second-order valence-corrected chi connectivity index (χ2v) is 8.69. The number of hydrogen-bond acceptors (Lipinski definition) is 4. The molecule has 1 aliphatic heterocycles. The van der Waals surface area contributed by atoms with E-state index < -0.39 is 0 Å². The minimum absolute atomic E-state index is 0.00844. The molecule has 0 radical (unpaired) electrons. The zero-order valence-electron chi connectivity index (χ0n) is 14.1. The summed E-state index contributed by atoms with van der Waals surface area (Å²) in [5, 5.41) is 3.01. The van der Waals surface area contributed by atoms with Crippen LogP contribution in [0.25, 0.3) is 0 Å². The van der Waals surface area contributed by atoms with Gasteiger partial charge < -0.3 is 20.0 Å². The van der Waals surface area contributed by atoms with E-state index in [1.165, 1.54) is 31.1 Å². The van der Waals surface area contributed by atoms with Crippen LogP contribution in [-0.4, -0.2) is 74.1 Å². The molecule has 1 aliphatic rings. The van der Waals surface area contributed by atoms with E-state index in [-0.39, 0.29) is 6.03 Å². The molecule has 7 heteroatoms.